The summed E-state index contributed by atoms with van der Waals surface area (Å²) in [5.74, 6) is -0.784. The number of aliphatic hydroxyl groups excluding tert-OH is 1. The standard InChI is InChI=1S/C15H23F2NO2/c1-10(2)8-20-9-15(19)7-18-11(3)12-4-13(16)6-14(17)5-12/h4-6,10-11,15,18-19H,7-9H2,1-3H3. The van der Waals surface area contributed by atoms with Gasteiger partial charge in [-0.05, 0) is 30.5 Å². The molecule has 0 saturated carbocycles. The maximum Gasteiger partial charge on any atom is 0.126 e. The first-order chi connectivity index (χ1) is 9.38. The number of benzene rings is 1. The first-order valence-corrected chi connectivity index (χ1v) is 6.83. The van der Waals surface area contributed by atoms with E-state index in [4.69, 9.17) is 4.74 Å². The summed E-state index contributed by atoms with van der Waals surface area (Å²) in [7, 11) is 0. The maximum absolute atomic E-state index is 13.1. The van der Waals surface area contributed by atoms with Gasteiger partial charge in [-0.15, -0.1) is 0 Å². The second kappa shape index (κ2) is 8.29. The van der Waals surface area contributed by atoms with Crippen LogP contribution < -0.4 is 5.32 Å². The fraction of sp³-hybridized carbons (Fsp3) is 0.600. The zero-order valence-electron chi connectivity index (χ0n) is 12.2. The normalized spacial score (nSPS) is 14.6. The summed E-state index contributed by atoms with van der Waals surface area (Å²) >= 11 is 0. The molecule has 2 atom stereocenters. The van der Waals surface area contributed by atoms with Crippen LogP contribution in [0.5, 0.6) is 0 Å². The lowest BCUT2D eigenvalue weighted by Crippen LogP contribution is -2.32. The third-order valence-electron chi connectivity index (χ3n) is 2.81. The van der Waals surface area contributed by atoms with E-state index >= 15 is 0 Å². The molecule has 1 aromatic carbocycles. The third-order valence-corrected chi connectivity index (χ3v) is 2.81. The van der Waals surface area contributed by atoms with Gasteiger partial charge in [0.2, 0.25) is 0 Å². The predicted molar refractivity (Wildman–Crippen MR) is 74.4 cm³/mol. The summed E-state index contributed by atoms with van der Waals surface area (Å²) in [4.78, 5) is 0. The average molecular weight is 287 g/mol. The highest BCUT2D eigenvalue weighted by Crippen LogP contribution is 2.15. The summed E-state index contributed by atoms with van der Waals surface area (Å²) in [5.41, 5.74) is 0.512. The van der Waals surface area contributed by atoms with E-state index in [9.17, 15) is 13.9 Å². The lowest BCUT2D eigenvalue weighted by atomic mass is 10.1. The molecule has 0 radical (unpaired) electrons. The molecule has 0 aliphatic heterocycles. The minimum absolute atomic E-state index is 0.245. The summed E-state index contributed by atoms with van der Waals surface area (Å²) in [5, 5.41) is 12.8. The number of nitrogens with one attached hydrogen (secondary N) is 1. The molecule has 1 aromatic rings. The third kappa shape index (κ3) is 6.41. The molecule has 0 amide bonds. The SMILES string of the molecule is CC(C)COCC(O)CNC(C)c1cc(F)cc(F)c1. The highest BCUT2D eigenvalue weighted by Gasteiger charge is 2.11. The molecule has 0 bridgehead atoms. The topological polar surface area (TPSA) is 41.5 Å². The van der Waals surface area contributed by atoms with E-state index in [-0.39, 0.29) is 12.6 Å². The van der Waals surface area contributed by atoms with Crippen molar-refractivity contribution in [2.75, 3.05) is 19.8 Å². The number of rotatable bonds is 8. The van der Waals surface area contributed by atoms with Crippen LogP contribution in [0.25, 0.3) is 0 Å². The van der Waals surface area contributed by atoms with Crippen molar-refractivity contribution in [3.05, 3.63) is 35.4 Å². The van der Waals surface area contributed by atoms with Crippen LogP contribution in [0.4, 0.5) is 8.78 Å². The molecule has 0 heterocycles. The fourth-order valence-electron chi connectivity index (χ4n) is 1.75. The predicted octanol–water partition coefficient (Wildman–Crippen LogP) is 2.65. The molecule has 2 N–H and O–H groups in total. The van der Waals surface area contributed by atoms with Gasteiger partial charge < -0.3 is 15.2 Å². The quantitative estimate of drug-likeness (QED) is 0.772. The zero-order chi connectivity index (χ0) is 15.1. The van der Waals surface area contributed by atoms with Crippen LogP contribution in [0.2, 0.25) is 0 Å². The monoisotopic (exact) mass is 287 g/mol. The van der Waals surface area contributed by atoms with Gasteiger partial charge in [-0.3, -0.25) is 0 Å². The Labute approximate surface area is 119 Å². The molecule has 0 aliphatic rings. The van der Waals surface area contributed by atoms with E-state index in [1.54, 1.807) is 6.92 Å². The van der Waals surface area contributed by atoms with Gasteiger partial charge in [-0.25, -0.2) is 8.78 Å². The summed E-state index contributed by atoms with van der Waals surface area (Å²) in [6.45, 7) is 7.00. The van der Waals surface area contributed by atoms with E-state index in [0.717, 1.165) is 6.07 Å². The van der Waals surface area contributed by atoms with Crippen molar-refractivity contribution in [3.8, 4) is 0 Å². The van der Waals surface area contributed by atoms with E-state index in [1.807, 2.05) is 13.8 Å². The van der Waals surface area contributed by atoms with Crippen molar-refractivity contribution in [2.45, 2.75) is 32.9 Å². The van der Waals surface area contributed by atoms with Crippen LogP contribution in [0.15, 0.2) is 18.2 Å². The maximum atomic E-state index is 13.1. The van der Waals surface area contributed by atoms with Gasteiger partial charge in [0.1, 0.15) is 11.6 Å². The van der Waals surface area contributed by atoms with Crippen molar-refractivity contribution < 1.29 is 18.6 Å². The van der Waals surface area contributed by atoms with Crippen molar-refractivity contribution in [1.29, 1.82) is 0 Å². The lowest BCUT2D eigenvalue weighted by molar-refractivity contribution is 0.0252. The smallest absolute Gasteiger partial charge is 0.126 e. The first-order valence-electron chi connectivity index (χ1n) is 6.83. The number of hydrogen-bond donors (Lipinski definition) is 2. The van der Waals surface area contributed by atoms with E-state index in [0.29, 0.717) is 24.6 Å². The summed E-state index contributed by atoms with van der Waals surface area (Å²) in [6, 6.07) is 3.15. The van der Waals surface area contributed by atoms with Gasteiger partial charge in [-0.2, -0.15) is 0 Å². The molecule has 0 aliphatic carbocycles. The molecule has 3 nitrogen and oxygen atoms in total. The van der Waals surface area contributed by atoms with Crippen molar-refractivity contribution >= 4 is 0 Å². The van der Waals surface area contributed by atoms with Gasteiger partial charge >= 0.3 is 0 Å². The van der Waals surface area contributed by atoms with E-state index in [1.165, 1.54) is 12.1 Å². The van der Waals surface area contributed by atoms with Crippen LogP contribution in [0.1, 0.15) is 32.4 Å². The minimum atomic E-state index is -0.644. The second-order valence-corrected chi connectivity index (χ2v) is 5.42. The van der Waals surface area contributed by atoms with E-state index < -0.39 is 17.7 Å². The molecule has 2 unspecified atom stereocenters. The fourth-order valence-corrected chi connectivity index (χ4v) is 1.75. The lowest BCUT2D eigenvalue weighted by Gasteiger charge is -2.18. The zero-order valence-corrected chi connectivity index (χ0v) is 12.2. The highest BCUT2D eigenvalue weighted by atomic mass is 19.1. The van der Waals surface area contributed by atoms with Gasteiger partial charge in [0, 0.05) is 25.3 Å². The van der Waals surface area contributed by atoms with Crippen molar-refractivity contribution in [2.24, 2.45) is 5.92 Å². The molecule has 1 rings (SSSR count). The van der Waals surface area contributed by atoms with E-state index in [2.05, 4.69) is 5.32 Å². The minimum Gasteiger partial charge on any atom is -0.389 e. The Balaban J connectivity index is 2.36. The number of aliphatic hydroxyl groups is 1. The van der Waals surface area contributed by atoms with Crippen molar-refractivity contribution in [3.63, 3.8) is 0 Å². The molecule has 0 aromatic heterocycles. The molecule has 0 saturated heterocycles. The Hall–Kier alpha value is -1.04. The molecular formula is C15H23F2NO2. The Kier molecular flexibility index (Phi) is 7.05. The Morgan fingerprint density at radius 1 is 1.10 bits per heavy atom. The molecule has 0 fully saturated rings. The Morgan fingerprint density at radius 2 is 1.70 bits per heavy atom. The van der Waals surface area contributed by atoms with Crippen LogP contribution in [-0.2, 0) is 4.74 Å². The summed E-state index contributed by atoms with van der Waals surface area (Å²) in [6.07, 6.45) is -0.644. The molecule has 5 heteroatoms. The van der Waals surface area contributed by atoms with Gasteiger partial charge in [0.15, 0.2) is 0 Å². The molecule has 20 heavy (non-hydrogen) atoms. The Morgan fingerprint density at radius 3 is 2.25 bits per heavy atom. The first kappa shape index (κ1) is 17.0. The van der Waals surface area contributed by atoms with Gasteiger partial charge in [-0.1, -0.05) is 13.8 Å². The van der Waals surface area contributed by atoms with Gasteiger partial charge in [0.05, 0.1) is 12.7 Å². The van der Waals surface area contributed by atoms with Crippen LogP contribution in [-0.4, -0.2) is 31.0 Å². The summed E-state index contributed by atoms with van der Waals surface area (Å²) < 4.78 is 31.5. The number of ether oxygens (including phenoxy) is 1. The van der Waals surface area contributed by atoms with Crippen LogP contribution in [0.3, 0.4) is 0 Å². The Bertz CT molecular complexity index is 393. The van der Waals surface area contributed by atoms with Crippen LogP contribution in [0, 0.1) is 17.6 Å². The van der Waals surface area contributed by atoms with Gasteiger partial charge in [0.25, 0.3) is 0 Å². The molecular weight excluding hydrogens is 264 g/mol. The second-order valence-electron chi connectivity index (χ2n) is 5.42. The largest absolute Gasteiger partial charge is 0.389 e. The van der Waals surface area contributed by atoms with Crippen molar-refractivity contribution in [1.82, 2.24) is 5.32 Å². The average Bonchev–Trinajstić information content (AvgIpc) is 2.34. The highest BCUT2D eigenvalue weighted by molar-refractivity contribution is 5.20. The molecule has 114 valence electrons. The number of halogens is 2. The molecule has 0 spiro atoms. The number of hydrogen-bond acceptors (Lipinski definition) is 3. The van der Waals surface area contributed by atoms with Crippen LogP contribution >= 0.6 is 0 Å².